The van der Waals surface area contributed by atoms with Gasteiger partial charge in [-0.3, -0.25) is 0 Å². The molecule has 1 heterocycles. The van der Waals surface area contributed by atoms with Crippen LogP contribution in [0.4, 0.5) is 8.78 Å². The number of rotatable bonds is 3. The summed E-state index contributed by atoms with van der Waals surface area (Å²) in [5.74, 6) is -1.38. The van der Waals surface area contributed by atoms with E-state index in [1.807, 2.05) is 6.92 Å². The molecule has 96 valence electrons. The Hall–Kier alpha value is -1.01. The highest BCUT2D eigenvalue weighted by atomic mass is 79.9. The summed E-state index contributed by atoms with van der Waals surface area (Å²) in [5.41, 5.74) is 0.657. The van der Waals surface area contributed by atoms with Crippen LogP contribution in [-0.4, -0.2) is 15.0 Å². The van der Waals surface area contributed by atoms with Gasteiger partial charge in [-0.1, -0.05) is 12.1 Å². The van der Waals surface area contributed by atoms with Gasteiger partial charge in [0, 0.05) is 10.5 Å². The number of halogens is 4. The summed E-state index contributed by atoms with van der Waals surface area (Å²) in [4.78, 5) is 0. The monoisotopic (exact) mass is 335 g/mol. The Morgan fingerprint density at radius 1 is 1.44 bits per heavy atom. The van der Waals surface area contributed by atoms with E-state index < -0.39 is 11.6 Å². The van der Waals surface area contributed by atoms with Crippen LogP contribution in [0.2, 0.25) is 0 Å². The molecule has 0 aliphatic carbocycles. The minimum Gasteiger partial charge on any atom is -0.216 e. The minimum absolute atomic E-state index is 0.107. The molecule has 2 aromatic rings. The van der Waals surface area contributed by atoms with Crippen molar-refractivity contribution in [2.75, 3.05) is 0 Å². The van der Waals surface area contributed by atoms with Gasteiger partial charge in [-0.25, -0.2) is 13.5 Å². The zero-order valence-corrected chi connectivity index (χ0v) is 11.7. The highest BCUT2D eigenvalue weighted by molar-refractivity contribution is 9.10. The molecule has 0 aliphatic heterocycles. The Kier molecular flexibility index (Phi) is 3.97. The van der Waals surface area contributed by atoms with E-state index in [0.717, 1.165) is 12.1 Å². The van der Waals surface area contributed by atoms with Crippen molar-refractivity contribution >= 4 is 27.5 Å². The molecular formula is C11H9BrClF2N3. The van der Waals surface area contributed by atoms with Crippen LogP contribution in [0.5, 0.6) is 0 Å². The van der Waals surface area contributed by atoms with Gasteiger partial charge in [-0.05, 0) is 28.4 Å². The number of aromatic nitrogens is 3. The topological polar surface area (TPSA) is 30.7 Å². The van der Waals surface area contributed by atoms with E-state index in [1.54, 1.807) is 0 Å². The second kappa shape index (κ2) is 5.32. The van der Waals surface area contributed by atoms with Gasteiger partial charge in [0.05, 0.1) is 11.6 Å². The molecule has 1 atom stereocenters. The summed E-state index contributed by atoms with van der Waals surface area (Å²) in [5, 5.41) is 7.39. The standard InChI is InChI=1S/C11H9BrClF2N3/c1-2-8(13)10-5-18(17-16-10)11-7(12)3-6(14)4-9(11)15/h3-5,8H,2H2,1H3. The Balaban J connectivity index is 2.46. The van der Waals surface area contributed by atoms with Gasteiger partial charge in [0.1, 0.15) is 17.2 Å². The van der Waals surface area contributed by atoms with Crippen LogP contribution in [-0.2, 0) is 0 Å². The van der Waals surface area contributed by atoms with E-state index in [1.165, 1.54) is 10.9 Å². The molecule has 0 spiro atoms. The lowest BCUT2D eigenvalue weighted by molar-refractivity contribution is 0.570. The van der Waals surface area contributed by atoms with Crippen molar-refractivity contribution < 1.29 is 8.78 Å². The maximum absolute atomic E-state index is 13.7. The van der Waals surface area contributed by atoms with Crippen molar-refractivity contribution in [2.24, 2.45) is 0 Å². The maximum atomic E-state index is 13.7. The zero-order chi connectivity index (χ0) is 13.3. The zero-order valence-electron chi connectivity index (χ0n) is 9.37. The molecule has 0 aliphatic rings. The average molecular weight is 337 g/mol. The van der Waals surface area contributed by atoms with E-state index in [4.69, 9.17) is 11.6 Å². The molecule has 0 bridgehead atoms. The lowest BCUT2D eigenvalue weighted by Gasteiger charge is -2.05. The Bertz CT molecular complexity index is 550. The molecule has 0 N–H and O–H groups in total. The van der Waals surface area contributed by atoms with E-state index in [9.17, 15) is 8.78 Å². The molecule has 1 aromatic heterocycles. The summed E-state index contributed by atoms with van der Waals surface area (Å²) < 4.78 is 28.2. The van der Waals surface area contributed by atoms with Gasteiger partial charge in [0.2, 0.25) is 0 Å². The molecule has 1 aromatic carbocycles. The number of nitrogens with zero attached hydrogens (tertiary/aromatic N) is 3. The molecule has 0 saturated carbocycles. The van der Waals surface area contributed by atoms with Crippen molar-refractivity contribution in [1.82, 2.24) is 15.0 Å². The predicted octanol–water partition coefficient (Wildman–Crippen LogP) is 4.00. The van der Waals surface area contributed by atoms with Crippen LogP contribution in [0.1, 0.15) is 24.4 Å². The highest BCUT2D eigenvalue weighted by Crippen LogP contribution is 2.27. The third-order valence-electron chi connectivity index (χ3n) is 2.40. The third-order valence-corrected chi connectivity index (χ3v) is 3.54. The first-order valence-corrected chi connectivity index (χ1v) is 6.47. The average Bonchev–Trinajstić information content (AvgIpc) is 2.76. The van der Waals surface area contributed by atoms with Crippen molar-refractivity contribution in [3.63, 3.8) is 0 Å². The minimum atomic E-state index is -0.721. The van der Waals surface area contributed by atoms with Gasteiger partial charge in [-0.2, -0.15) is 0 Å². The molecule has 0 fully saturated rings. The van der Waals surface area contributed by atoms with Gasteiger partial charge in [0.25, 0.3) is 0 Å². The summed E-state index contributed by atoms with van der Waals surface area (Å²) in [6.45, 7) is 1.91. The van der Waals surface area contributed by atoms with Crippen LogP contribution >= 0.6 is 27.5 Å². The molecule has 0 amide bonds. The fourth-order valence-electron chi connectivity index (χ4n) is 1.49. The fraction of sp³-hybridized carbons (Fsp3) is 0.273. The summed E-state index contributed by atoms with van der Waals surface area (Å²) >= 11 is 9.11. The molecule has 3 nitrogen and oxygen atoms in total. The van der Waals surface area contributed by atoms with Gasteiger partial charge in [-0.15, -0.1) is 16.7 Å². The first-order chi connectivity index (χ1) is 8.52. The smallest absolute Gasteiger partial charge is 0.152 e. The Morgan fingerprint density at radius 3 is 2.78 bits per heavy atom. The maximum Gasteiger partial charge on any atom is 0.152 e. The first-order valence-electron chi connectivity index (χ1n) is 5.24. The summed E-state index contributed by atoms with van der Waals surface area (Å²) in [6.07, 6.45) is 2.22. The molecule has 7 heteroatoms. The number of hydrogen-bond donors (Lipinski definition) is 0. The molecule has 1 unspecified atom stereocenters. The normalized spacial score (nSPS) is 12.7. The second-order valence-corrected chi connectivity index (χ2v) is 5.06. The van der Waals surface area contributed by atoms with Crippen molar-refractivity contribution in [3.05, 3.63) is 40.1 Å². The van der Waals surface area contributed by atoms with E-state index >= 15 is 0 Å². The molecule has 2 rings (SSSR count). The quantitative estimate of drug-likeness (QED) is 0.793. The second-order valence-electron chi connectivity index (χ2n) is 3.68. The Morgan fingerprint density at radius 2 is 2.17 bits per heavy atom. The number of alkyl halides is 1. The number of hydrogen-bond acceptors (Lipinski definition) is 2. The summed E-state index contributed by atoms with van der Waals surface area (Å²) in [7, 11) is 0. The van der Waals surface area contributed by atoms with Crippen LogP contribution in [0.15, 0.2) is 22.8 Å². The molecule has 18 heavy (non-hydrogen) atoms. The van der Waals surface area contributed by atoms with E-state index in [2.05, 4.69) is 26.2 Å². The van der Waals surface area contributed by atoms with Crippen LogP contribution in [0.25, 0.3) is 5.69 Å². The Labute approximate surface area is 116 Å². The fourth-order valence-corrected chi connectivity index (χ4v) is 2.18. The van der Waals surface area contributed by atoms with Crippen molar-refractivity contribution in [3.8, 4) is 5.69 Å². The van der Waals surface area contributed by atoms with Crippen LogP contribution < -0.4 is 0 Å². The van der Waals surface area contributed by atoms with Crippen LogP contribution in [0.3, 0.4) is 0 Å². The van der Waals surface area contributed by atoms with E-state index in [0.29, 0.717) is 12.1 Å². The predicted molar refractivity (Wildman–Crippen MR) is 67.9 cm³/mol. The lowest BCUT2D eigenvalue weighted by atomic mass is 10.2. The molecule has 0 radical (unpaired) electrons. The van der Waals surface area contributed by atoms with Crippen molar-refractivity contribution in [1.29, 1.82) is 0 Å². The molecule has 0 saturated heterocycles. The largest absolute Gasteiger partial charge is 0.216 e. The van der Waals surface area contributed by atoms with Crippen LogP contribution in [0, 0.1) is 11.6 Å². The van der Waals surface area contributed by atoms with Gasteiger partial charge in [0.15, 0.2) is 5.82 Å². The lowest BCUT2D eigenvalue weighted by Crippen LogP contribution is -2.01. The highest BCUT2D eigenvalue weighted by Gasteiger charge is 2.16. The molecular weight excluding hydrogens is 327 g/mol. The first kappa shape index (κ1) is 13.4. The van der Waals surface area contributed by atoms with Crippen molar-refractivity contribution in [2.45, 2.75) is 18.7 Å². The SMILES string of the molecule is CCC(Cl)c1cn(-c2c(F)cc(F)cc2Br)nn1. The third kappa shape index (κ3) is 2.54. The van der Waals surface area contributed by atoms with Gasteiger partial charge >= 0.3 is 0 Å². The van der Waals surface area contributed by atoms with Gasteiger partial charge < -0.3 is 0 Å². The number of benzene rings is 1. The van der Waals surface area contributed by atoms with E-state index in [-0.39, 0.29) is 15.5 Å². The summed E-state index contributed by atoms with van der Waals surface area (Å²) in [6, 6.07) is 1.96.